The van der Waals surface area contributed by atoms with Crippen molar-refractivity contribution in [2.45, 2.75) is 6.92 Å². The fourth-order valence-electron chi connectivity index (χ4n) is 1.82. The average Bonchev–Trinajstić information content (AvgIpc) is 2.41. The van der Waals surface area contributed by atoms with E-state index in [-0.39, 0.29) is 0 Å². The summed E-state index contributed by atoms with van der Waals surface area (Å²) in [6.07, 6.45) is 0. The predicted molar refractivity (Wildman–Crippen MR) is 71.9 cm³/mol. The molecule has 0 fully saturated rings. The first-order valence-corrected chi connectivity index (χ1v) is 5.70. The molecule has 0 amide bonds. The number of benzene rings is 2. The van der Waals surface area contributed by atoms with E-state index in [1.807, 2.05) is 49.4 Å². The quantitative estimate of drug-likeness (QED) is 0.659. The van der Waals surface area contributed by atoms with Gasteiger partial charge in [-0.2, -0.15) is 0 Å². The maximum atomic E-state index is 5.80. The number of nitrogens with two attached hydrogens (primary N) is 1. The molecule has 0 saturated heterocycles. The molecule has 0 atom stereocenters. The lowest BCUT2D eigenvalue weighted by Gasteiger charge is -2.04. The zero-order valence-electron chi connectivity index (χ0n) is 9.96. The van der Waals surface area contributed by atoms with E-state index < -0.39 is 0 Å². The van der Waals surface area contributed by atoms with Crippen LogP contribution in [0.5, 0.6) is 0 Å². The first-order valence-electron chi connectivity index (χ1n) is 5.70. The van der Waals surface area contributed by atoms with Crippen molar-refractivity contribution >= 4 is 16.7 Å². The molecule has 4 heteroatoms. The van der Waals surface area contributed by atoms with Gasteiger partial charge in [-0.15, -0.1) is 10.2 Å². The first-order chi connectivity index (χ1) is 8.74. The fourth-order valence-corrected chi connectivity index (χ4v) is 1.82. The van der Waals surface area contributed by atoms with Gasteiger partial charge in [-0.05, 0) is 42.8 Å². The second kappa shape index (κ2) is 4.07. The number of hydrogen-bond acceptors (Lipinski definition) is 4. The Bertz CT molecular complexity index is 722. The van der Waals surface area contributed by atoms with Crippen LogP contribution in [-0.4, -0.2) is 15.2 Å². The normalized spacial score (nSPS) is 10.7. The highest BCUT2D eigenvalue weighted by molar-refractivity contribution is 5.75. The maximum Gasteiger partial charge on any atom is 0.182 e. The number of rotatable bonds is 1. The molecule has 0 aliphatic rings. The van der Waals surface area contributed by atoms with Crippen LogP contribution in [0.15, 0.2) is 42.5 Å². The highest BCUT2D eigenvalue weighted by atomic mass is 15.1. The lowest BCUT2D eigenvalue weighted by Crippen LogP contribution is -1.95. The molecule has 2 N–H and O–H groups in total. The van der Waals surface area contributed by atoms with Gasteiger partial charge in [0, 0.05) is 11.3 Å². The number of para-hydroxylation sites is 1. The van der Waals surface area contributed by atoms with Gasteiger partial charge in [-0.3, -0.25) is 0 Å². The summed E-state index contributed by atoms with van der Waals surface area (Å²) >= 11 is 0. The summed E-state index contributed by atoms with van der Waals surface area (Å²) in [4.78, 5) is 4.50. The third-order valence-corrected chi connectivity index (χ3v) is 2.89. The molecule has 4 nitrogen and oxygen atoms in total. The number of fused-ring (bicyclic) bond motifs is 1. The summed E-state index contributed by atoms with van der Waals surface area (Å²) in [5, 5.41) is 8.31. The number of aromatic nitrogens is 3. The van der Waals surface area contributed by atoms with E-state index in [2.05, 4.69) is 15.2 Å². The smallest absolute Gasteiger partial charge is 0.182 e. The van der Waals surface area contributed by atoms with E-state index in [0.29, 0.717) is 5.82 Å². The van der Waals surface area contributed by atoms with Crippen molar-refractivity contribution in [1.82, 2.24) is 15.2 Å². The molecule has 0 saturated carbocycles. The molecule has 0 radical (unpaired) electrons. The van der Waals surface area contributed by atoms with Crippen LogP contribution in [0.25, 0.3) is 22.4 Å². The Kier molecular flexibility index (Phi) is 2.41. The zero-order chi connectivity index (χ0) is 12.5. The molecule has 1 heterocycles. The third kappa shape index (κ3) is 1.78. The summed E-state index contributed by atoms with van der Waals surface area (Å²) in [5.41, 5.74) is 10.2. The molecular weight excluding hydrogens is 224 g/mol. The largest absolute Gasteiger partial charge is 0.399 e. The van der Waals surface area contributed by atoms with E-state index in [1.54, 1.807) is 0 Å². The van der Waals surface area contributed by atoms with E-state index in [0.717, 1.165) is 27.8 Å². The van der Waals surface area contributed by atoms with Gasteiger partial charge >= 0.3 is 0 Å². The maximum absolute atomic E-state index is 5.80. The van der Waals surface area contributed by atoms with Crippen LogP contribution in [0.3, 0.4) is 0 Å². The van der Waals surface area contributed by atoms with Crippen LogP contribution in [0, 0.1) is 6.92 Å². The first kappa shape index (κ1) is 10.7. The Balaban J connectivity index is 2.16. The van der Waals surface area contributed by atoms with Crippen molar-refractivity contribution < 1.29 is 0 Å². The van der Waals surface area contributed by atoms with Crippen LogP contribution in [0.1, 0.15) is 5.56 Å². The van der Waals surface area contributed by atoms with Crippen LogP contribution in [0.2, 0.25) is 0 Å². The third-order valence-electron chi connectivity index (χ3n) is 2.89. The molecule has 1 aromatic heterocycles. The minimum absolute atomic E-state index is 0.622. The average molecular weight is 236 g/mol. The molecular formula is C14H12N4. The number of anilines is 1. The Hall–Kier alpha value is -2.49. The molecule has 0 spiro atoms. The molecule has 88 valence electrons. The summed E-state index contributed by atoms with van der Waals surface area (Å²) in [5.74, 6) is 0.622. The van der Waals surface area contributed by atoms with Gasteiger partial charge in [0.15, 0.2) is 5.82 Å². The number of nitrogens with zero attached hydrogens (tertiary/aromatic N) is 3. The van der Waals surface area contributed by atoms with Crippen molar-refractivity contribution in [2.75, 3.05) is 5.73 Å². The van der Waals surface area contributed by atoms with Crippen molar-refractivity contribution in [1.29, 1.82) is 0 Å². The second-order valence-electron chi connectivity index (χ2n) is 4.20. The molecule has 0 aliphatic carbocycles. The lowest BCUT2D eigenvalue weighted by molar-refractivity contribution is 1.03. The Morgan fingerprint density at radius 1 is 0.944 bits per heavy atom. The van der Waals surface area contributed by atoms with Crippen LogP contribution in [0.4, 0.5) is 5.69 Å². The Morgan fingerprint density at radius 2 is 1.72 bits per heavy atom. The minimum Gasteiger partial charge on any atom is -0.399 e. The van der Waals surface area contributed by atoms with Crippen LogP contribution in [-0.2, 0) is 0 Å². The predicted octanol–water partition coefficient (Wildman–Crippen LogP) is 2.58. The molecule has 3 aromatic rings. The SMILES string of the molecule is Cc1cc(-c2nnc3ccccc3n2)ccc1N. The molecule has 0 aliphatic heterocycles. The standard InChI is InChI=1S/C14H12N4/c1-9-8-10(6-7-11(9)15)14-16-12-4-2-3-5-13(12)17-18-14/h2-8H,15H2,1H3. The van der Waals surface area contributed by atoms with E-state index in [1.165, 1.54) is 0 Å². The molecule has 2 aromatic carbocycles. The summed E-state index contributed by atoms with van der Waals surface area (Å²) in [7, 11) is 0. The fraction of sp³-hybridized carbons (Fsp3) is 0.0714. The van der Waals surface area contributed by atoms with Crippen molar-refractivity contribution in [3.63, 3.8) is 0 Å². The summed E-state index contributed by atoms with van der Waals surface area (Å²) in [6, 6.07) is 13.4. The van der Waals surface area contributed by atoms with Gasteiger partial charge < -0.3 is 5.73 Å². The van der Waals surface area contributed by atoms with Gasteiger partial charge in [-0.1, -0.05) is 12.1 Å². The molecule has 18 heavy (non-hydrogen) atoms. The van der Waals surface area contributed by atoms with Crippen LogP contribution < -0.4 is 5.73 Å². The van der Waals surface area contributed by atoms with Gasteiger partial charge in [0.25, 0.3) is 0 Å². The van der Waals surface area contributed by atoms with Crippen molar-refractivity contribution in [2.24, 2.45) is 0 Å². The zero-order valence-corrected chi connectivity index (χ0v) is 9.96. The van der Waals surface area contributed by atoms with Crippen molar-refractivity contribution in [3.8, 4) is 11.4 Å². The lowest BCUT2D eigenvalue weighted by atomic mass is 10.1. The Labute approximate surface area is 105 Å². The highest BCUT2D eigenvalue weighted by Crippen LogP contribution is 2.21. The van der Waals surface area contributed by atoms with Gasteiger partial charge in [-0.25, -0.2) is 4.98 Å². The minimum atomic E-state index is 0.622. The van der Waals surface area contributed by atoms with E-state index >= 15 is 0 Å². The van der Waals surface area contributed by atoms with Crippen LogP contribution >= 0.6 is 0 Å². The van der Waals surface area contributed by atoms with Gasteiger partial charge in [0.05, 0.1) is 5.52 Å². The van der Waals surface area contributed by atoms with E-state index in [9.17, 15) is 0 Å². The van der Waals surface area contributed by atoms with Gasteiger partial charge in [0.1, 0.15) is 5.52 Å². The molecule has 0 unspecified atom stereocenters. The summed E-state index contributed by atoms with van der Waals surface area (Å²) < 4.78 is 0. The molecule has 3 rings (SSSR count). The summed E-state index contributed by atoms with van der Waals surface area (Å²) in [6.45, 7) is 1.97. The molecule has 0 bridgehead atoms. The number of hydrogen-bond donors (Lipinski definition) is 1. The topological polar surface area (TPSA) is 64.7 Å². The van der Waals surface area contributed by atoms with E-state index in [4.69, 9.17) is 5.73 Å². The number of nitrogen functional groups attached to an aromatic ring is 1. The Morgan fingerprint density at radius 3 is 2.50 bits per heavy atom. The monoisotopic (exact) mass is 236 g/mol. The second-order valence-corrected chi connectivity index (χ2v) is 4.20. The highest BCUT2D eigenvalue weighted by Gasteiger charge is 2.05. The van der Waals surface area contributed by atoms with Gasteiger partial charge in [0.2, 0.25) is 0 Å². The number of aryl methyl sites for hydroxylation is 1. The van der Waals surface area contributed by atoms with Crippen molar-refractivity contribution in [3.05, 3.63) is 48.0 Å².